The molecule has 0 radical (unpaired) electrons. The Morgan fingerprint density at radius 3 is 2.07 bits per heavy atom. The van der Waals surface area contributed by atoms with E-state index in [0.717, 1.165) is 99.0 Å². The number of benzene rings is 2. The van der Waals surface area contributed by atoms with Crippen molar-refractivity contribution in [3.8, 4) is 5.75 Å². The third-order valence-electron chi connectivity index (χ3n) is 16.2. The van der Waals surface area contributed by atoms with Crippen molar-refractivity contribution in [1.82, 2.24) is 0 Å². The van der Waals surface area contributed by atoms with Gasteiger partial charge in [0.05, 0.1) is 11.4 Å². The van der Waals surface area contributed by atoms with E-state index in [9.17, 15) is 9.59 Å². The lowest BCUT2D eigenvalue weighted by molar-refractivity contribution is -0.151. The van der Waals surface area contributed by atoms with E-state index in [1.54, 1.807) is 17.7 Å². The van der Waals surface area contributed by atoms with Crippen LogP contribution in [0.4, 0.5) is 11.4 Å². The summed E-state index contributed by atoms with van der Waals surface area (Å²) < 4.78 is 11.7. The minimum Gasteiger partial charge on any atom is -0.462 e. The number of nitrogens with zero attached hydrogens (tertiary/aromatic N) is 2. The number of ether oxygens (including phenoxy) is 2. The fraction of sp³-hybridized carbons (Fsp3) is 0.709. The Labute approximate surface area is 370 Å². The largest absolute Gasteiger partial charge is 0.462 e. The molecule has 0 spiro atoms. The van der Waals surface area contributed by atoms with E-state index in [0.29, 0.717) is 29.7 Å². The second kappa shape index (κ2) is 22.9. The molecule has 2 aromatic rings. The van der Waals surface area contributed by atoms with Crippen LogP contribution in [-0.2, 0) is 20.7 Å². The molecule has 6 nitrogen and oxygen atoms in total. The number of unbranched alkanes of at least 4 members (excludes halogenated alkanes) is 8. The summed E-state index contributed by atoms with van der Waals surface area (Å²) in [6.45, 7) is 14.8. The van der Waals surface area contributed by atoms with Crippen molar-refractivity contribution in [3.63, 3.8) is 0 Å². The maximum absolute atomic E-state index is 12.9. The number of carbonyl (C=O) groups is 2. The average molecular weight is 835 g/mol. The van der Waals surface area contributed by atoms with Crippen molar-refractivity contribution >= 4 is 23.3 Å². The fourth-order valence-electron chi connectivity index (χ4n) is 12.6. The first-order valence-corrected chi connectivity index (χ1v) is 25.2. The van der Waals surface area contributed by atoms with Gasteiger partial charge in [0.1, 0.15) is 11.9 Å². The molecule has 0 heterocycles. The zero-order valence-electron chi connectivity index (χ0n) is 39.2. The number of aryl methyl sites for hydroxylation is 1. The predicted octanol–water partition coefficient (Wildman–Crippen LogP) is 16.2. The molecule has 3 fully saturated rings. The SMILES string of the molecule is CCCCCCCc1ccc(N=Nc2ccc(OC(=O)CCCCCCCC(=O)OC3CC[C@@]4(C)C(=CC[C@H]5[C@@H]6CC[C@H]([C@H](C)CCCC(C)C)[C@@]6(C)CC[C@@H]54)C3)cc2)cc1. The molecule has 4 aliphatic rings. The van der Waals surface area contributed by atoms with Crippen LogP contribution in [0.25, 0.3) is 0 Å². The number of esters is 2. The summed E-state index contributed by atoms with van der Waals surface area (Å²) in [5.74, 6) is 5.32. The van der Waals surface area contributed by atoms with Crippen molar-refractivity contribution < 1.29 is 19.1 Å². The molecule has 0 saturated heterocycles. The highest BCUT2D eigenvalue weighted by molar-refractivity contribution is 5.72. The van der Waals surface area contributed by atoms with Crippen LogP contribution in [0.15, 0.2) is 70.4 Å². The molecule has 0 amide bonds. The highest BCUT2D eigenvalue weighted by atomic mass is 16.5. The average Bonchev–Trinajstić information content (AvgIpc) is 3.61. The standard InChI is InChI=1S/C55H82N2O4/c1-7-8-9-11-14-20-42-23-26-44(27-24-42)56-57-45-28-30-46(31-29-45)60-52(58)21-15-12-10-13-16-22-53(59)61-47-35-37-54(5)43(39-47)25-32-48-50-34-33-49(41(4)19-17-18-40(2)3)55(50,6)38-36-51(48)54/h23-31,40-41,47-51H,7-22,32-39H2,1-6H3/t41-,47?,48+,49-,50+,51+,54+,55-/m1/s1. The van der Waals surface area contributed by atoms with Crippen molar-refractivity contribution in [2.75, 3.05) is 0 Å². The molecule has 1 unspecified atom stereocenters. The molecule has 8 atom stereocenters. The van der Waals surface area contributed by atoms with Gasteiger partial charge < -0.3 is 9.47 Å². The highest BCUT2D eigenvalue weighted by Crippen LogP contribution is 2.67. The molecule has 336 valence electrons. The number of azo groups is 1. The topological polar surface area (TPSA) is 77.3 Å². The normalized spacial score (nSPS) is 27.6. The van der Waals surface area contributed by atoms with Gasteiger partial charge in [0.2, 0.25) is 0 Å². The Hall–Kier alpha value is -3.28. The third kappa shape index (κ3) is 12.9. The third-order valence-corrected chi connectivity index (χ3v) is 16.2. The zero-order chi connectivity index (χ0) is 43.2. The first-order chi connectivity index (χ1) is 29.5. The van der Waals surface area contributed by atoms with Crippen LogP contribution < -0.4 is 4.74 Å². The Kier molecular flexibility index (Phi) is 17.7. The summed E-state index contributed by atoms with van der Waals surface area (Å²) in [5.41, 5.74) is 5.27. The summed E-state index contributed by atoms with van der Waals surface area (Å²) >= 11 is 0. The van der Waals surface area contributed by atoms with Crippen LogP contribution in [0.1, 0.15) is 195 Å². The first-order valence-electron chi connectivity index (χ1n) is 25.2. The predicted molar refractivity (Wildman–Crippen MR) is 250 cm³/mol. The molecular formula is C55H82N2O4. The van der Waals surface area contributed by atoms with E-state index in [1.165, 1.54) is 89.0 Å². The Bertz CT molecular complexity index is 1730. The van der Waals surface area contributed by atoms with E-state index < -0.39 is 0 Å². The van der Waals surface area contributed by atoms with Gasteiger partial charge in [0.25, 0.3) is 0 Å². The molecule has 0 N–H and O–H groups in total. The molecule has 6 heteroatoms. The maximum Gasteiger partial charge on any atom is 0.311 e. The van der Waals surface area contributed by atoms with Gasteiger partial charge >= 0.3 is 11.9 Å². The summed E-state index contributed by atoms with van der Waals surface area (Å²) in [6, 6.07) is 15.5. The van der Waals surface area contributed by atoms with Crippen LogP contribution in [0.5, 0.6) is 5.75 Å². The summed E-state index contributed by atoms with van der Waals surface area (Å²) in [7, 11) is 0. The van der Waals surface area contributed by atoms with Crippen LogP contribution in [0.2, 0.25) is 0 Å². The summed E-state index contributed by atoms with van der Waals surface area (Å²) in [5, 5.41) is 8.73. The lowest BCUT2D eigenvalue weighted by Crippen LogP contribution is -2.51. The number of rotatable bonds is 23. The Morgan fingerprint density at radius 2 is 1.36 bits per heavy atom. The van der Waals surface area contributed by atoms with Crippen LogP contribution >= 0.6 is 0 Å². The highest BCUT2D eigenvalue weighted by Gasteiger charge is 2.59. The van der Waals surface area contributed by atoms with Crippen LogP contribution in [-0.4, -0.2) is 18.0 Å². The molecular weight excluding hydrogens is 753 g/mol. The van der Waals surface area contributed by atoms with Gasteiger partial charge in [-0.1, -0.05) is 130 Å². The second-order valence-electron chi connectivity index (χ2n) is 20.9. The van der Waals surface area contributed by atoms with Crippen molar-refractivity contribution in [3.05, 3.63) is 65.7 Å². The lowest BCUT2D eigenvalue weighted by atomic mass is 9.47. The summed E-state index contributed by atoms with van der Waals surface area (Å²) in [4.78, 5) is 25.4. The van der Waals surface area contributed by atoms with Gasteiger partial charge in [0.15, 0.2) is 0 Å². The van der Waals surface area contributed by atoms with Gasteiger partial charge in [-0.3, -0.25) is 9.59 Å². The fourth-order valence-corrected chi connectivity index (χ4v) is 12.6. The molecule has 61 heavy (non-hydrogen) atoms. The van der Waals surface area contributed by atoms with Gasteiger partial charge in [0, 0.05) is 19.3 Å². The van der Waals surface area contributed by atoms with Gasteiger partial charge in [-0.05, 0) is 159 Å². The molecule has 0 aliphatic heterocycles. The Balaban J connectivity index is 0.826. The van der Waals surface area contributed by atoms with Crippen LogP contribution in [0, 0.1) is 46.3 Å². The molecule has 6 rings (SSSR count). The molecule has 4 aliphatic carbocycles. The van der Waals surface area contributed by atoms with Gasteiger partial charge in [-0.2, -0.15) is 10.2 Å². The van der Waals surface area contributed by atoms with Crippen molar-refractivity contribution in [2.24, 2.45) is 56.6 Å². The summed E-state index contributed by atoms with van der Waals surface area (Å²) in [6.07, 6.45) is 29.7. The molecule has 3 saturated carbocycles. The maximum atomic E-state index is 12.9. The van der Waals surface area contributed by atoms with Crippen LogP contribution in [0.3, 0.4) is 0 Å². The number of hydrogen-bond donors (Lipinski definition) is 0. The number of allylic oxidation sites excluding steroid dienone is 1. The molecule has 0 bridgehead atoms. The smallest absolute Gasteiger partial charge is 0.311 e. The molecule has 0 aromatic heterocycles. The van der Waals surface area contributed by atoms with E-state index in [1.807, 2.05) is 24.3 Å². The van der Waals surface area contributed by atoms with Gasteiger partial charge in [-0.15, -0.1) is 0 Å². The molecule has 2 aromatic carbocycles. The second-order valence-corrected chi connectivity index (χ2v) is 20.9. The quantitative estimate of drug-likeness (QED) is 0.0367. The zero-order valence-corrected chi connectivity index (χ0v) is 39.2. The lowest BCUT2D eigenvalue weighted by Gasteiger charge is -2.58. The van der Waals surface area contributed by atoms with E-state index >= 15 is 0 Å². The van der Waals surface area contributed by atoms with Crippen molar-refractivity contribution in [1.29, 1.82) is 0 Å². The monoisotopic (exact) mass is 835 g/mol. The van der Waals surface area contributed by atoms with E-state index in [-0.39, 0.29) is 23.5 Å². The number of hydrogen-bond acceptors (Lipinski definition) is 6. The number of carbonyl (C=O) groups excluding carboxylic acids is 2. The van der Waals surface area contributed by atoms with E-state index in [4.69, 9.17) is 9.47 Å². The number of fused-ring (bicyclic) bond motifs is 5. The first kappa shape index (κ1) is 47.2. The Morgan fingerprint density at radius 1 is 0.705 bits per heavy atom. The minimum atomic E-state index is -0.220. The minimum absolute atomic E-state index is 0.0314. The van der Waals surface area contributed by atoms with Gasteiger partial charge in [-0.25, -0.2) is 0 Å². The van der Waals surface area contributed by atoms with E-state index in [2.05, 4.69) is 70.0 Å². The van der Waals surface area contributed by atoms with Crippen molar-refractivity contribution in [2.45, 2.75) is 202 Å².